The number of alkyl halides is 3. The Morgan fingerprint density at radius 3 is 2.20 bits per heavy atom. The molecule has 25 heavy (non-hydrogen) atoms. The average molecular weight is 352 g/mol. The summed E-state index contributed by atoms with van der Waals surface area (Å²) in [5.41, 5.74) is -0.217. The summed E-state index contributed by atoms with van der Waals surface area (Å²) in [6.45, 7) is 0. The maximum Gasteiger partial charge on any atom is 0.416 e. The second-order valence-corrected chi connectivity index (χ2v) is 5.04. The highest BCUT2D eigenvalue weighted by Crippen LogP contribution is 2.35. The van der Waals surface area contributed by atoms with Crippen molar-refractivity contribution in [3.8, 4) is 11.5 Å². The zero-order valence-corrected chi connectivity index (χ0v) is 13.4. The van der Waals surface area contributed by atoms with E-state index in [-0.39, 0.29) is 11.1 Å². The molecule has 0 amide bonds. The molecule has 0 aliphatic rings. The predicted molar refractivity (Wildman–Crippen MR) is 85.7 cm³/mol. The van der Waals surface area contributed by atoms with Crippen LogP contribution in [0.5, 0.6) is 11.5 Å². The molecule has 0 unspecified atom stereocenters. The van der Waals surface area contributed by atoms with Gasteiger partial charge in [0.25, 0.3) is 0 Å². The molecular weight excluding hydrogens is 337 g/mol. The van der Waals surface area contributed by atoms with Gasteiger partial charge in [0.15, 0.2) is 11.5 Å². The third-order valence-corrected chi connectivity index (χ3v) is 3.46. The number of hydrogen-bond acceptors (Lipinski definition) is 3. The Morgan fingerprint density at radius 2 is 1.64 bits per heavy atom. The molecule has 0 atom stereocenters. The van der Waals surface area contributed by atoms with Crippen LogP contribution in [0.15, 0.2) is 48.5 Å². The van der Waals surface area contributed by atoms with Crippen molar-refractivity contribution in [2.75, 3.05) is 14.2 Å². The number of rotatable bonds is 5. The van der Waals surface area contributed by atoms with Crippen molar-refractivity contribution in [2.24, 2.45) is 0 Å². The summed E-state index contributed by atoms with van der Waals surface area (Å²) in [5, 5.41) is 9.11. The SMILES string of the molecule is COc1ccc(C(=CC(=O)O)c2cccc(C(F)(F)F)c2)cc1OC. The van der Waals surface area contributed by atoms with E-state index in [1.54, 1.807) is 12.1 Å². The number of aliphatic carboxylic acids is 1. The van der Waals surface area contributed by atoms with Gasteiger partial charge in [-0.3, -0.25) is 0 Å². The highest BCUT2D eigenvalue weighted by Gasteiger charge is 2.30. The van der Waals surface area contributed by atoms with Crippen molar-refractivity contribution in [1.29, 1.82) is 0 Å². The second-order valence-electron chi connectivity index (χ2n) is 5.04. The zero-order valence-electron chi connectivity index (χ0n) is 13.4. The molecule has 0 bridgehead atoms. The molecule has 132 valence electrons. The summed E-state index contributed by atoms with van der Waals surface area (Å²) >= 11 is 0. The van der Waals surface area contributed by atoms with Crippen LogP contribution in [-0.4, -0.2) is 25.3 Å². The van der Waals surface area contributed by atoms with Crippen molar-refractivity contribution in [2.45, 2.75) is 6.18 Å². The van der Waals surface area contributed by atoms with Gasteiger partial charge in [0.05, 0.1) is 19.8 Å². The summed E-state index contributed by atoms with van der Waals surface area (Å²) in [6.07, 6.45) is -3.67. The lowest BCUT2D eigenvalue weighted by atomic mass is 9.95. The van der Waals surface area contributed by atoms with E-state index < -0.39 is 17.7 Å². The van der Waals surface area contributed by atoms with Crippen LogP contribution in [0, 0.1) is 0 Å². The molecular formula is C18H15F3O4. The third-order valence-electron chi connectivity index (χ3n) is 3.46. The first-order valence-electron chi connectivity index (χ1n) is 7.11. The summed E-state index contributed by atoms with van der Waals surface area (Å²) in [7, 11) is 2.85. The minimum Gasteiger partial charge on any atom is -0.493 e. The quantitative estimate of drug-likeness (QED) is 0.818. The molecule has 0 fully saturated rings. The zero-order chi connectivity index (χ0) is 18.6. The largest absolute Gasteiger partial charge is 0.493 e. The van der Waals surface area contributed by atoms with Gasteiger partial charge in [-0.1, -0.05) is 18.2 Å². The van der Waals surface area contributed by atoms with Crippen LogP contribution in [0.25, 0.3) is 5.57 Å². The summed E-state index contributed by atoms with van der Waals surface area (Å²) in [4.78, 5) is 11.2. The lowest BCUT2D eigenvalue weighted by Gasteiger charge is -2.14. The summed E-state index contributed by atoms with van der Waals surface area (Å²) in [6, 6.07) is 9.10. The van der Waals surface area contributed by atoms with Crippen LogP contribution >= 0.6 is 0 Å². The van der Waals surface area contributed by atoms with Crippen LogP contribution in [0.1, 0.15) is 16.7 Å². The summed E-state index contributed by atoms with van der Waals surface area (Å²) in [5.74, 6) is -0.518. The molecule has 0 heterocycles. The van der Waals surface area contributed by atoms with E-state index in [1.807, 2.05) is 0 Å². The first-order chi connectivity index (χ1) is 11.8. The van der Waals surface area contributed by atoms with Crippen LogP contribution in [-0.2, 0) is 11.0 Å². The number of methoxy groups -OCH3 is 2. The molecule has 0 radical (unpaired) electrons. The molecule has 4 nitrogen and oxygen atoms in total. The maximum atomic E-state index is 12.9. The number of carboxylic acids is 1. The fourth-order valence-corrected chi connectivity index (χ4v) is 2.32. The molecule has 0 aromatic heterocycles. The second kappa shape index (κ2) is 7.29. The normalized spacial score (nSPS) is 12.0. The molecule has 0 aliphatic carbocycles. The smallest absolute Gasteiger partial charge is 0.416 e. The van der Waals surface area contributed by atoms with E-state index in [0.717, 1.165) is 18.2 Å². The molecule has 2 aromatic carbocycles. The maximum absolute atomic E-state index is 12.9. The van der Waals surface area contributed by atoms with Gasteiger partial charge < -0.3 is 14.6 Å². The Kier molecular flexibility index (Phi) is 5.36. The Labute approximate surface area is 142 Å². The fourth-order valence-electron chi connectivity index (χ4n) is 2.32. The van der Waals surface area contributed by atoms with Gasteiger partial charge in [-0.15, -0.1) is 0 Å². The van der Waals surface area contributed by atoms with Crippen molar-refractivity contribution >= 4 is 11.5 Å². The first-order valence-corrected chi connectivity index (χ1v) is 7.11. The number of carbonyl (C=O) groups is 1. The Morgan fingerprint density at radius 1 is 1.00 bits per heavy atom. The van der Waals surface area contributed by atoms with E-state index in [2.05, 4.69) is 0 Å². The van der Waals surface area contributed by atoms with Crippen molar-refractivity contribution in [3.63, 3.8) is 0 Å². The van der Waals surface area contributed by atoms with Crippen LogP contribution in [0.4, 0.5) is 13.2 Å². The first kappa shape index (κ1) is 18.4. The van der Waals surface area contributed by atoms with Crippen LogP contribution in [0.3, 0.4) is 0 Å². The molecule has 0 saturated carbocycles. The van der Waals surface area contributed by atoms with E-state index in [9.17, 15) is 18.0 Å². The molecule has 7 heteroatoms. The highest BCUT2D eigenvalue weighted by molar-refractivity contribution is 5.95. The molecule has 0 aliphatic heterocycles. The van der Waals surface area contributed by atoms with Gasteiger partial charge in [-0.05, 0) is 41.0 Å². The standard InChI is InChI=1S/C18H15F3O4/c1-24-15-7-6-12(9-16(15)25-2)14(10-17(22)23)11-4-3-5-13(8-11)18(19,20)21/h3-10H,1-2H3,(H,22,23). The molecule has 0 saturated heterocycles. The van der Waals surface area contributed by atoms with E-state index in [4.69, 9.17) is 14.6 Å². The molecule has 1 N–H and O–H groups in total. The van der Waals surface area contributed by atoms with Crippen molar-refractivity contribution < 1.29 is 32.5 Å². The van der Waals surface area contributed by atoms with Crippen molar-refractivity contribution in [3.05, 3.63) is 65.2 Å². The van der Waals surface area contributed by atoms with E-state index in [0.29, 0.717) is 17.1 Å². The van der Waals surface area contributed by atoms with Gasteiger partial charge in [0.2, 0.25) is 0 Å². The van der Waals surface area contributed by atoms with Gasteiger partial charge in [0.1, 0.15) is 0 Å². The van der Waals surface area contributed by atoms with Gasteiger partial charge in [-0.25, -0.2) is 4.79 Å². The minimum absolute atomic E-state index is 0.125. The van der Waals surface area contributed by atoms with Gasteiger partial charge in [-0.2, -0.15) is 13.2 Å². The molecule has 0 spiro atoms. The molecule has 2 rings (SSSR count). The highest BCUT2D eigenvalue weighted by atomic mass is 19.4. The van der Waals surface area contributed by atoms with Gasteiger partial charge in [0, 0.05) is 6.08 Å². The number of hydrogen-bond donors (Lipinski definition) is 1. The third kappa shape index (κ3) is 4.32. The lowest BCUT2D eigenvalue weighted by molar-refractivity contribution is -0.137. The predicted octanol–water partition coefficient (Wildman–Crippen LogP) is 4.24. The Hall–Kier alpha value is -2.96. The average Bonchev–Trinajstić information content (AvgIpc) is 2.58. The van der Waals surface area contributed by atoms with Crippen molar-refractivity contribution in [1.82, 2.24) is 0 Å². The number of ether oxygens (including phenoxy) is 2. The number of halogens is 3. The van der Waals surface area contributed by atoms with Crippen LogP contribution < -0.4 is 9.47 Å². The lowest BCUT2D eigenvalue weighted by Crippen LogP contribution is -2.05. The molecule has 2 aromatic rings. The summed E-state index contributed by atoms with van der Waals surface area (Å²) < 4.78 is 49.1. The monoisotopic (exact) mass is 352 g/mol. The minimum atomic E-state index is -4.53. The topological polar surface area (TPSA) is 55.8 Å². The Bertz CT molecular complexity index is 810. The van der Waals surface area contributed by atoms with E-state index >= 15 is 0 Å². The van der Waals surface area contributed by atoms with E-state index in [1.165, 1.54) is 32.4 Å². The van der Waals surface area contributed by atoms with Gasteiger partial charge >= 0.3 is 12.1 Å². The Balaban J connectivity index is 2.61. The fraction of sp³-hybridized carbons (Fsp3) is 0.167. The number of carboxylic acid groups (broad SMARTS) is 1. The van der Waals surface area contributed by atoms with Crippen LogP contribution in [0.2, 0.25) is 0 Å². The number of benzene rings is 2.